The Morgan fingerprint density at radius 1 is 0.866 bits per heavy atom. The van der Waals surface area contributed by atoms with Gasteiger partial charge in [0.25, 0.3) is 19.4 Å². The fourth-order valence-corrected chi connectivity index (χ4v) is 8.19. The van der Waals surface area contributed by atoms with Gasteiger partial charge in [-0.05, 0) is 113 Å². The lowest BCUT2D eigenvalue weighted by molar-refractivity contribution is -0.136. The SMILES string of the molecule is CC(CCCCC(COc1cc(C(=O)O)c(C2=C3C=C(Cl)C(=O)C=C3C(C)(C)c3cc(O)c(Cl)cc32)cc1N(COC=O)COC=O)Oc1ccc(Cl)cc1N(COC=O)CC(=O)O)N=[N+]=[N-]. The molecule has 22 heteroatoms. The summed E-state index contributed by atoms with van der Waals surface area (Å²) in [6.45, 7) is 3.30. The number of nitrogens with zero attached hydrogens (tertiary/aromatic N) is 5. The molecule has 0 heterocycles. The average molecular weight is 985 g/mol. The molecule has 5 rings (SSSR count). The van der Waals surface area contributed by atoms with E-state index in [1.807, 2.05) is 13.8 Å². The number of phenolic OH excluding ortho intramolecular Hbond substituents is 1. The molecule has 0 amide bonds. The highest BCUT2D eigenvalue weighted by atomic mass is 35.5. The highest BCUT2D eigenvalue weighted by molar-refractivity contribution is 6.45. The standard InChI is InChI=1S/C45H44Cl3N5O14/c1-25(50-51-49)6-4-5-7-27(67-40-9-8-26(46)10-36(40)52(17-42(59)60)19-63-22-54)18-66-41-14-29(44(61)62)28(13-37(41)53(20-64-23-55)21-65-24-56)43-30-11-34(47)38(57)15-32(30)45(2,3)33-16-39(58)35(48)12-31(33)43/h8-16,22-25,27,57H,4-7,17-21H2,1-3H3,(H,59,60)(H,61,62). The second kappa shape index (κ2) is 23.0. The fourth-order valence-electron chi connectivity index (χ4n) is 7.69. The predicted molar refractivity (Wildman–Crippen MR) is 245 cm³/mol. The maximum atomic E-state index is 13.5. The third kappa shape index (κ3) is 12.3. The van der Waals surface area contributed by atoms with Crippen LogP contribution in [0.2, 0.25) is 10.0 Å². The Labute approximate surface area is 398 Å². The average Bonchev–Trinajstić information content (AvgIpc) is 3.28. The van der Waals surface area contributed by atoms with Crippen molar-refractivity contribution >= 4 is 88.9 Å². The van der Waals surface area contributed by atoms with Crippen molar-refractivity contribution in [1.29, 1.82) is 0 Å². The molecular formula is C45H44Cl3N5O14. The van der Waals surface area contributed by atoms with Crippen molar-refractivity contribution in [3.63, 3.8) is 0 Å². The van der Waals surface area contributed by atoms with Gasteiger partial charge >= 0.3 is 11.9 Å². The summed E-state index contributed by atoms with van der Waals surface area (Å²) >= 11 is 19.3. The number of phenols is 1. The normalized spacial score (nSPS) is 14.4. The third-order valence-corrected chi connectivity index (χ3v) is 11.7. The van der Waals surface area contributed by atoms with Crippen LogP contribution < -0.4 is 19.3 Å². The van der Waals surface area contributed by atoms with E-state index in [0.717, 1.165) is 0 Å². The Balaban J connectivity index is 1.71. The minimum absolute atomic E-state index is 0.0235. The predicted octanol–water partition coefficient (Wildman–Crippen LogP) is 8.30. The molecule has 0 aliphatic heterocycles. The molecule has 67 heavy (non-hydrogen) atoms. The molecule has 0 saturated heterocycles. The number of azide groups is 1. The van der Waals surface area contributed by atoms with Crippen molar-refractivity contribution < 1.29 is 67.8 Å². The van der Waals surface area contributed by atoms with Crippen LogP contribution in [0.4, 0.5) is 11.4 Å². The quantitative estimate of drug-likeness (QED) is 0.0130. The van der Waals surface area contributed by atoms with Crippen molar-refractivity contribution in [2.45, 2.75) is 64.0 Å². The number of aliphatic carboxylic acids is 1. The van der Waals surface area contributed by atoms with E-state index in [-0.39, 0.29) is 98.9 Å². The van der Waals surface area contributed by atoms with E-state index in [4.69, 9.17) is 64.0 Å². The molecule has 0 radical (unpaired) electrons. The van der Waals surface area contributed by atoms with Crippen LogP contribution in [-0.4, -0.2) is 97.9 Å². The number of aromatic hydroxyl groups is 1. The van der Waals surface area contributed by atoms with Crippen LogP contribution in [0.25, 0.3) is 16.0 Å². The Bertz CT molecular complexity index is 2560. The Hall–Kier alpha value is -6.92. The molecule has 0 bridgehead atoms. The van der Waals surface area contributed by atoms with E-state index in [0.29, 0.717) is 41.5 Å². The summed E-state index contributed by atoms with van der Waals surface area (Å²) in [4.78, 5) is 78.0. The summed E-state index contributed by atoms with van der Waals surface area (Å²) in [7, 11) is 0. The van der Waals surface area contributed by atoms with E-state index < -0.39 is 56.0 Å². The van der Waals surface area contributed by atoms with Gasteiger partial charge in [0.2, 0.25) is 0 Å². The van der Waals surface area contributed by atoms with Crippen molar-refractivity contribution in [3.8, 4) is 17.2 Å². The third-order valence-electron chi connectivity index (χ3n) is 10.8. The first-order chi connectivity index (χ1) is 31.9. The largest absolute Gasteiger partial charge is 0.506 e. The van der Waals surface area contributed by atoms with Gasteiger partial charge in [-0.25, -0.2) is 4.79 Å². The number of hydrogen-bond acceptors (Lipinski definition) is 15. The number of ether oxygens (including phenoxy) is 5. The van der Waals surface area contributed by atoms with Crippen molar-refractivity contribution in [1.82, 2.24) is 0 Å². The van der Waals surface area contributed by atoms with E-state index in [2.05, 4.69) is 10.0 Å². The number of carboxylic acid groups (broad SMARTS) is 2. The zero-order chi connectivity index (χ0) is 49.0. The van der Waals surface area contributed by atoms with E-state index in [1.165, 1.54) is 64.4 Å². The molecule has 2 atom stereocenters. The number of ketones is 1. The first kappa shape index (κ1) is 51.1. The second-order valence-corrected chi connectivity index (χ2v) is 16.9. The van der Waals surface area contributed by atoms with E-state index in [9.17, 15) is 44.1 Å². The molecule has 2 aliphatic rings. The smallest absolute Gasteiger partial charge is 0.336 e. The number of unbranched alkanes of at least 4 members (excludes halogenated alkanes) is 1. The number of carbonyl (C=O) groups excluding carboxylic acids is 4. The molecule has 3 aromatic carbocycles. The zero-order valence-corrected chi connectivity index (χ0v) is 38.4. The lowest BCUT2D eigenvalue weighted by Gasteiger charge is -2.39. The van der Waals surface area contributed by atoms with Gasteiger partial charge in [0, 0.05) is 21.4 Å². The lowest BCUT2D eigenvalue weighted by atomic mass is 9.64. The van der Waals surface area contributed by atoms with Crippen LogP contribution in [0.1, 0.15) is 73.5 Å². The summed E-state index contributed by atoms with van der Waals surface area (Å²) in [5.41, 5.74) is 9.72. The molecule has 0 fully saturated rings. The lowest BCUT2D eigenvalue weighted by Crippen LogP contribution is -2.33. The summed E-state index contributed by atoms with van der Waals surface area (Å²) in [5.74, 6) is -3.49. The molecule has 19 nitrogen and oxygen atoms in total. The summed E-state index contributed by atoms with van der Waals surface area (Å²) < 4.78 is 28.0. The van der Waals surface area contributed by atoms with Gasteiger partial charge < -0.3 is 48.8 Å². The Kier molecular flexibility index (Phi) is 17.5. The fraction of sp³-hybridized carbons (Fsp3) is 0.333. The van der Waals surface area contributed by atoms with Crippen molar-refractivity contribution in [2.24, 2.45) is 5.11 Å². The Morgan fingerprint density at radius 2 is 1.51 bits per heavy atom. The van der Waals surface area contributed by atoms with Gasteiger partial charge in [-0.2, -0.15) is 0 Å². The molecule has 2 unspecified atom stereocenters. The number of anilines is 2. The number of carboxylic acids is 2. The van der Waals surface area contributed by atoms with Gasteiger partial charge in [-0.1, -0.05) is 67.1 Å². The minimum atomic E-state index is -1.44. The number of allylic oxidation sites excluding steroid dienone is 5. The number of rotatable bonds is 26. The number of halogens is 3. The number of fused-ring (bicyclic) bond motifs is 2. The minimum Gasteiger partial charge on any atom is -0.506 e. The Morgan fingerprint density at radius 3 is 2.13 bits per heavy atom. The van der Waals surface area contributed by atoms with E-state index in [1.54, 1.807) is 6.92 Å². The summed E-state index contributed by atoms with van der Waals surface area (Å²) in [6, 6.07) is 9.58. The first-order valence-corrected chi connectivity index (χ1v) is 21.4. The highest BCUT2D eigenvalue weighted by Gasteiger charge is 2.41. The van der Waals surface area contributed by atoms with Crippen LogP contribution in [0.15, 0.2) is 75.9 Å². The summed E-state index contributed by atoms with van der Waals surface area (Å²) in [5, 5.41) is 35.1. The molecule has 3 aromatic rings. The first-order valence-electron chi connectivity index (χ1n) is 20.3. The number of carbonyl (C=O) groups is 6. The molecule has 354 valence electrons. The maximum Gasteiger partial charge on any atom is 0.336 e. The molecule has 0 spiro atoms. The second-order valence-electron chi connectivity index (χ2n) is 15.7. The summed E-state index contributed by atoms with van der Waals surface area (Å²) in [6.07, 6.45) is 3.68. The van der Waals surface area contributed by atoms with Crippen molar-refractivity contribution in [3.05, 3.63) is 114 Å². The van der Waals surface area contributed by atoms with Gasteiger partial charge in [0.15, 0.2) is 26.0 Å². The van der Waals surface area contributed by atoms with Gasteiger partial charge in [0.1, 0.15) is 36.5 Å². The molecule has 2 aliphatic carbocycles. The van der Waals surface area contributed by atoms with Gasteiger partial charge in [-0.3, -0.25) is 24.0 Å². The van der Waals surface area contributed by atoms with Gasteiger partial charge in [0.05, 0.1) is 27.0 Å². The van der Waals surface area contributed by atoms with Crippen LogP contribution in [-0.2, 0) is 43.6 Å². The van der Waals surface area contributed by atoms with Crippen LogP contribution in [0.5, 0.6) is 17.2 Å². The van der Waals surface area contributed by atoms with Crippen LogP contribution in [0, 0.1) is 0 Å². The number of hydrogen-bond donors (Lipinski definition) is 3. The molecule has 0 saturated carbocycles. The monoisotopic (exact) mass is 983 g/mol. The van der Waals surface area contributed by atoms with E-state index >= 15 is 0 Å². The maximum absolute atomic E-state index is 13.5. The molecular weight excluding hydrogens is 941 g/mol. The van der Waals surface area contributed by atoms with Crippen molar-refractivity contribution in [2.75, 3.05) is 43.1 Å². The number of aromatic carboxylic acids is 1. The zero-order valence-electron chi connectivity index (χ0n) is 36.1. The van der Waals surface area contributed by atoms with Crippen LogP contribution in [0.3, 0.4) is 0 Å². The molecule has 3 N–H and O–H groups in total. The van der Waals surface area contributed by atoms with Gasteiger partial charge in [-0.15, -0.1) is 0 Å². The highest BCUT2D eigenvalue weighted by Crippen LogP contribution is 2.53. The topological polar surface area (TPSA) is 264 Å². The van der Waals surface area contributed by atoms with Crippen LogP contribution >= 0.6 is 34.8 Å². The number of benzene rings is 3. The molecule has 0 aromatic heterocycles.